The molecule has 0 saturated carbocycles. The topological polar surface area (TPSA) is 72.4 Å². The van der Waals surface area contributed by atoms with Gasteiger partial charge in [0.2, 0.25) is 5.95 Å². The molecule has 2 fully saturated rings. The van der Waals surface area contributed by atoms with E-state index in [1.165, 1.54) is 0 Å². The molecule has 2 aliphatic rings. The van der Waals surface area contributed by atoms with Crippen molar-refractivity contribution < 1.29 is 9.47 Å². The Balaban J connectivity index is 1.73. The van der Waals surface area contributed by atoms with Crippen LogP contribution in [0.15, 0.2) is 18.3 Å². The highest BCUT2D eigenvalue weighted by Gasteiger charge is 2.24. The lowest BCUT2D eigenvalue weighted by Gasteiger charge is -2.35. The summed E-state index contributed by atoms with van der Waals surface area (Å²) >= 11 is 0. The summed E-state index contributed by atoms with van der Waals surface area (Å²) in [6, 6.07) is 4.51. The van der Waals surface area contributed by atoms with Crippen LogP contribution in [0.3, 0.4) is 0 Å². The standard InChI is InChI=1S/C16H21N5O2/c1-11-9-23-8-6-21(11)15-13-3-2-5-17-14(13)19-16(20-15)18-12-4-7-22-10-12/h2-3,5,11-12H,4,6-10H2,1H3,(H,17,18,19,20)/t11-,12?/m0/s1. The van der Waals surface area contributed by atoms with Crippen LogP contribution in [0.1, 0.15) is 13.3 Å². The van der Waals surface area contributed by atoms with Crippen LogP contribution in [-0.4, -0.2) is 60.0 Å². The highest BCUT2D eigenvalue weighted by Crippen LogP contribution is 2.27. The van der Waals surface area contributed by atoms with Gasteiger partial charge in [-0.2, -0.15) is 9.97 Å². The van der Waals surface area contributed by atoms with Crippen molar-refractivity contribution >= 4 is 22.8 Å². The predicted molar refractivity (Wildman–Crippen MR) is 87.8 cm³/mol. The van der Waals surface area contributed by atoms with E-state index in [1.54, 1.807) is 6.20 Å². The molecule has 2 saturated heterocycles. The molecule has 2 aliphatic heterocycles. The van der Waals surface area contributed by atoms with Crippen LogP contribution in [-0.2, 0) is 9.47 Å². The smallest absolute Gasteiger partial charge is 0.227 e. The molecule has 1 unspecified atom stereocenters. The molecule has 7 heteroatoms. The fourth-order valence-electron chi connectivity index (χ4n) is 3.10. The fourth-order valence-corrected chi connectivity index (χ4v) is 3.10. The number of rotatable bonds is 3. The third kappa shape index (κ3) is 2.94. The molecule has 2 atom stereocenters. The monoisotopic (exact) mass is 315 g/mol. The van der Waals surface area contributed by atoms with Gasteiger partial charge in [-0.25, -0.2) is 4.98 Å². The van der Waals surface area contributed by atoms with Crippen LogP contribution in [0.5, 0.6) is 0 Å². The lowest BCUT2D eigenvalue weighted by Crippen LogP contribution is -2.44. The van der Waals surface area contributed by atoms with Gasteiger partial charge in [0.15, 0.2) is 5.65 Å². The highest BCUT2D eigenvalue weighted by molar-refractivity contribution is 5.88. The second-order valence-corrected chi connectivity index (χ2v) is 6.07. The molecule has 4 heterocycles. The second kappa shape index (κ2) is 6.25. The van der Waals surface area contributed by atoms with Crippen molar-refractivity contribution in [3.05, 3.63) is 18.3 Å². The molecular weight excluding hydrogens is 294 g/mol. The first-order valence-electron chi connectivity index (χ1n) is 8.13. The largest absolute Gasteiger partial charge is 0.379 e. The number of hydrogen-bond acceptors (Lipinski definition) is 7. The maximum atomic E-state index is 5.55. The van der Waals surface area contributed by atoms with Gasteiger partial charge in [0, 0.05) is 19.3 Å². The molecule has 0 aromatic carbocycles. The molecule has 23 heavy (non-hydrogen) atoms. The number of aromatic nitrogens is 3. The van der Waals surface area contributed by atoms with E-state index in [-0.39, 0.29) is 12.1 Å². The molecule has 0 amide bonds. The third-order valence-electron chi connectivity index (χ3n) is 4.35. The highest BCUT2D eigenvalue weighted by atomic mass is 16.5. The molecule has 0 aliphatic carbocycles. The first-order chi connectivity index (χ1) is 11.3. The molecule has 2 aromatic heterocycles. The number of pyridine rings is 1. The van der Waals surface area contributed by atoms with Crippen molar-refractivity contribution in [3.63, 3.8) is 0 Å². The minimum Gasteiger partial charge on any atom is -0.379 e. The number of morpholine rings is 1. The number of ether oxygens (including phenoxy) is 2. The van der Waals surface area contributed by atoms with Crippen molar-refractivity contribution in [1.82, 2.24) is 15.0 Å². The minimum absolute atomic E-state index is 0.270. The average molecular weight is 315 g/mol. The number of nitrogens with one attached hydrogen (secondary N) is 1. The Hall–Kier alpha value is -1.99. The van der Waals surface area contributed by atoms with Crippen LogP contribution in [0.2, 0.25) is 0 Å². The van der Waals surface area contributed by atoms with Gasteiger partial charge < -0.3 is 19.7 Å². The van der Waals surface area contributed by atoms with E-state index >= 15 is 0 Å². The lowest BCUT2D eigenvalue weighted by atomic mass is 10.2. The Labute approximate surface area is 135 Å². The van der Waals surface area contributed by atoms with Crippen LogP contribution in [0.4, 0.5) is 11.8 Å². The molecule has 0 bridgehead atoms. The molecule has 1 N–H and O–H groups in total. The summed E-state index contributed by atoms with van der Waals surface area (Å²) in [6.07, 6.45) is 2.75. The van der Waals surface area contributed by atoms with Crippen LogP contribution >= 0.6 is 0 Å². The van der Waals surface area contributed by atoms with E-state index < -0.39 is 0 Å². The average Bonchev–Trinajstić information content (AvgIpc) is 3.08. The van der Waals surface area contributed by atoms with Gasteiger partial charge >= 0.3 is 0 Å². The summed E-state index contributed by atoms with van der Waals surface area (Å²) in [7, 11) is 0. The maximum Gasteiger partial charge on any atom is 0.227 e. The minimum atomic E-state index is 0.270. The van der Waals surface area contributed by atoms with Gasteiger partial charge in [0.05, 0.1) is 37.3 Å². The quantitative estimate of drug-likeness (QED) is 0.919. The third-order valence-corrected chi connectivity index (χ3v) is 4.35. The van der Waals surface area contributed by atoms with Crippen molar-refractivity contribution in [2.45, 2.75) is 25.4 Å². The Morgan fingerprint density at radius 2 is 2.13 bits per heavy atom. The van der Waals surface area contributed by atoms with E-state index in [0.29, 0.717) is 19.2 Å². The van der Waals surface area contributed by atoms with E-state index in [0.717, 1.165) is 43.0 Å². The van der Waals surface area contributed by atoms with E-state index in [9.17, 15) is 0 Å². The van der Waals surface area contributed by atoms with E-state index in [1.807, 2.05) is 12.1 Å². The van der Waals surface area contributed by atoms with Gasteiger partial charge in [-0.3, -0.25) is 0 Å². The van der Waals surface area contributed by atoms with Crippen molar-refractivity contribution in [1.29, 1.82) is 0 Å². The number of anilines is 2. The molecule has 4 rings (SSSR count). The van der Waals surface area contributed by atoms with Crippen LogP contribution in [0, 0.1) is 0 Å². The zero-order valence-electron chi connectivity index (χ0n) is 13.2. The van der Waals surface area contributed by atoms with Gasteiger partial charge in [0.25, 0.3) is 0 Å². The van der Waals surface area contributed by atoms with Crippen molar-refractivity contribution in [2.24, 2.45) is 0 Å². The van der Waals surface area contributed by atoms with Gasteiger partial charge in [-0.1, -0.05) is 0 Å². The molecule has 7 nitrogen and oxygen atoms in total. The van der Waals surface area contributed by atoms with Crippen LogP contribution in [0.25, 0.3) is 11.0 Å². The summed E-state index contributed by atoms with van der Waals surface area (Å²) in [5.74, 6) is 1.56. The first-order valence-corrected chi connectivity index (χ1v) is 8.13. The molecule has 122 valence electrons. The van der Waals surface area contributed by atoms with Crippen LogP contribution < -0.4 is 10.2 Å². The van der Waals surface area contributed by atoms with Crippen molar-refractivity contribution in [2.75, 3.05) is 43.2 Å². The SMILES string of the molecule is C[C@H]1COCCN1c1nc(NC2CCOC2)nc2ncccc12. The first kappa shape index (κ1) is 14.6. The number of hydrogen-bond donors (Lipinski definition) is 1. The number of nitrogens with zero attached hydrogens (tertiary/aromatic N) is 4. The lowest BCUT2D eigenvalue weighted by molar-refractivity contribution is 0.0987. The summed E-state index contributed by atoms with van der Waals surface area (Å²) in [6.45, 7) is 5.90. The summed E-state index contributed by atoms with van der Waals surface area (Å²) < 4.78 is 11.0. The molecule has 0 spiro atoms. The van der Waals surface area contributed by atoms with Gasteiger partial charge in [-0.15, -0.1) is 0 Å². The molecule has 2 aromatic rings. The maximum absolute atomic E-state index is 5.55. The predicted octanol–water partition coefficient (Wildman–Crippen LogP) is 1.45. The Morgan fingerprint density at radius 3 is 2.96 bits per heavy atom. The fraction of sp³-hybridized carbons (Fsp3) is 0.562. The zero-order chi connectivity index (χ0) is 15.6. The summed E-state index contributed by atoms with van der Waals surface area (Å²) in [5, 5.41) is 4.36. The second-order valence-electron chi connectivity index (χ2n) is 6.07. The molecular formula is C16H21N5O2. The Kier molecular flexibility index (Phi) is 3.97. The molecule has 0 radical (unpaired) electrons. The normalized spacial score (nSPS) is 25.0. The summed E-state index contributed by atoms with van der Waals surface area (Å²) in [4.78, 5) is 16.1. The number of fused-ring (bicyclic) bond motifs is 1. The Bertz CT molecular complexity index is 689. The Morgan fingerprint density at radius 1 is 1.22 bits per heavy atom. The van der Waals surface area contributed by atoms with Crippen molar-refractivity contribution in [3.8, 4) is 0 Å². The van der Waals surface area contributed by atoms with E-state index in [2.05, 4.69) is 27.1 Å². The van der Waals surface area contributed by atoms with Gasteiger partial charge in [-0.05, 0) is 25.5 Å². The van der Waals surface area contributed by atoms with Gasteiger partial charge in [0.1, 0.15) is 5.82 Å². The summed E-state index contributed by atoms with van der Waals surface area (Å²) in [5.41, 5.74) is 0.720. The van der Waals surface area contributed by atoms with E-state index in [4.69, 9.17) is 14.5 Å². The zero-order valence-corrected chi connectivity index (χ0v) is 13.2.